The molecule has 2 heterocycles. The first-order valence-corrected chi connectivity index (χ1v) is 9.04. The smallest absolute Gasteiger partial charge is 0.410 e. The Balaban J connectivity index is 1.79. The van der Waals surface area contributed by atoms with Crippen molar-refractivity contribution in [1.82, 2.24) is 10.2 Å². The van der Waals surface area contributed by atoms with Gasteiger partial charge in [-0.05, 0) is 58.6 Å². The molecular formula is C19H30N2O4. The van der Waals surface area contributed by atoms with Crippen LogP contribution in [0.15, 0.2) is 22.8 Å². The topological polar surface area (TPSA) is 71.8 Å². The number of piperidine rings is 1. The van der Waals surface area contributed by atoms with Gasteiger partial charge in [-0.3, -0.25) is 4.79 Å². The fourth-order valence-electron chi connectivity index (χ4n) is 3.05. The average molecular weight is 350 g/mol. The second-order valence-corrected chi connectivity index (χ2v) is 7.76. The number of furan rings is 1. The third-order valence-electron chi connectivity index (χ3n) is 4.38. The Morgan fingerprint density at radius 2 is 2.20 bits per heavy atom. The molecule has 0 unspecified atom stereocenters. The Hall–Kier alpha value is -1.98. The Labute approximate surface area is 149 Å². The fraction of sp³-hybridized carbons (Fsp3) is 0.684. The molecule has 0 spiro atoms. The lowest BCUT2D eigenvalue weighted by atomic mass is 9.91. The number of rotatable bonds is 5. The van der Waals surface area contributed by atoms with E-state index in [0.29, 0.717) is 25.9 Å². The Bertz CT molecular complexity index is 562. The van der Waals surface area contributed by atoms with Crippen LogP contribution < -0.4 is 5.32 Å². The number of nitrogens with one attached hydrogen (secondary N) is 1. The van der Waals surface area contributed by atoms with Crippen LogP contribution in [0.5, 0.6) is 0 Å². The van der Waals surface area contributed by atoms with Crippen molar-refractivity contribution in [3.05, 3.63) is 24.2 Å². The summed E-state index contributed by atoms with van der Waals surface area (Å²) in [5, 5.41) is 3.06. The van der Waals surface area contributed by atoms with Crippen LogP contribution in [-0.2, 0) is 16.0 Å². The van der Waals surface area contributed by atoms with E-state index in [1.807, 2.05) is 39.8 Å². The second-order valence-electron chi connectivity index (χ2n) is 7.76. The molecule has 1 fully saturated rings. The largest absolute Gasteiger partial charge is 0.469 e. The minimum absolute atomic E-state index is 0.0123. The maximum Gasteiger partial charge on any atom is 0.410 e. The number of ether oxygens (including phenoxy) is 1. The number of carbonyl (C=O) groups is 2. The summed E-state index contributed by atoms with van der Waals surface area (Å²) in [5.74, 6) is 1.07. The van der Waals surface area contributed by atoms with Gasteiger partial charge in [-0.2, -0.15) is 0 Å². The Morgan fingerprint density at radius 3 is 2.84 bits per heavy atom. The van der Waals surface area contributed by atoms with E-state index in [2.05, 4.69) is 5.32 Å². The van der Waals surface area contributed by atoms with Crippen LogP contribution in [0.3, 0.4) is 0 Å². The Morgan fingerprint density at radius 1 is 1.44 bits per heavy atom. The van der Waals surface area contributed by atoms with Crippen LogP contribution in [0.2, 0.25) is 0 Å². The average Bonchev–Trinajstić information content (AvgIpc) is 3.05. The van der Waals surface area contributed by atoms with E-state index in [1.165, 1.54) is 0 Å². The van der Waals surface area contributed by atoms with Crippen LogP contribution in [0.4, 0.5) is 4.79 Å². The summed E-state index contributed by atoms with van der Waals surface area (Å²) in [7, 11) is 0. The quantitative estimate of drug-likeness (QED) is 0.884. The molecule has 2 amide bonds. The number of amides is 2. The SMILES string of the molecule is C[C@@H](NC(=O)CCc1ccco1)[C@H]1CCCN(C(=O)OC(C)(C)C)C1. The van der Waals surface area contributed by atoms with Gasteiger partial charge in [0, 0.05) is 32.0 Å². The first kappa shape index (κ1) is 19.3. The van der Waals surface area contributed by atoms with Crippen molar-refractivity contribution >= 4 is 12.0 Å². The lowest BCUT2D eigenvalue weighted by Gasteiger charge is -2.36. The summed E-state index contributed by atoms with van der Waals surface area (Å²) in [6, 6.07) is 3.72. The van der Waals surface area contributed by atoms with Crippen molar-refractivity contribution in [2.75, 3.05) is 13.1 Å². The van der Waals surface area contributed by atoms with E-state index in [-0.39, 0.29) is 24.0 Å². The fourth-order valence-corrected chi connectivity index (χ4v) is 3.05. The van der Waals surface area contributed by atoms with Gasteiger partial charge >= 0.3 is 6.09 Å². The highest BCUT2D eigenvalue weighted by Crippen LogP contribution is 2.22. The van der Waals surface area contributed by atoms with Crippen LogP contribution >= 0.6 is 0 Å². The maximum absolute atomic E-state index is 12.2. The van der Waals surface area contributed by atoms with Gasteiger partial charge in [-0.25, -0.2) is 4.79 Å². The highest BCUT2D eigenvalue weighted by molar-refractivity contribution is 5.76. The summed E-state index contributed by atoms with van der Waals surface area (Å²) in [5.41, 5.74) is -0.490. The second kappa shape index (κ2) is 8.41. The number of carbonyl (C=O) groups excluding carboxylic acids is 2. The molecule has 25 heavy (non-hydrogen) atoms. The van der Waals surface area contributed by atoms with Gasteiger partial charge in [0.15, 0.2) is 0 Å². The molecule has 1 aliphatic rings. The van der Waals surface area contributed by atoms with Crippen molar-refractivity contribution in [2.24, 2.45) is 5.92 Å². The molecule has 140 valence electrons. The van der Waals surface area contributed by atoms with Gasteiger partial charge in [0.25, 0.3) is 0 Å². The van der Waals surface area contributed by atoms with E-state index < -0.39 is 5.60 Å². The lowest BCUT2D eigenvalue weighted by molar-refractivity contribution is -0.122. The highest BCUT2D eigenvalue weighted by Gasteiger charge is 2.30. The number of nitrogens with zero attached hydrogens (tertiary/aromatic N) is 1. The summed E-state index contributed by atoms with van der Waals surface area (Å²) in [6.45, 7) is 8.95. The summed E-state index contributed by atoms with van der Waals surface area (Å²) >= 11 is 0. The highest BCUT2D eigenvalue weighted by atomic mass is 16.6. The normalized spacial score (nSPS) is 19.4. The molecule has 6 nitrogen and oxygen atoms in total. The standard InChI is InChI=1S/C19H30N2O4/c1-14(20-17(22)10-9-16-8-6-12-24-16)15-7-5-11-21(13-15)18(23)25-19(2,3)4/h6,8,12,14-15H,5,7,9-11,13H2,1-4H3,(H,20,22)/t14-,15+/m1/s1. The third kappa shape index (κ3) is 6.44. The monoisotopic (exact) mass is 350 g/mol. The minimum Gasteiger partial charge on any atom is -0.469 e. The zero-order valence-electron chi connectivity index (χ0n) is 15.7. The summed E-state index contributed by atoms with van der Waals surface area (Å²) < 4.78 is 10.7. The molecule has 0 radical (unpaired) electrons. The van der Waals surface area contributed by atoms with Crippen molar-refractivity contribution in [1.29, 1.82) is 0 Å². The molecular weight excluding hydrogens is 320 g/mol. The molecule has 2 atom stereocenters. The predicted molar refractivity (Wildman–Crippen MR) is 95.2 cm³/mol. The van der Waals surface area contributed by atoms with Crippen LogP contribution in [0.1, 0.15) is 52.7 Å². The van der Waals surface area contributed by atoms with Gasteiger partial charge in [-0.1, -0.05) is 0 Å². The number of hydrogen-bond donors (Lipinski definition) is 1. The number of aryl methyl sites for hydroxylation is 1. The molecule has 6 heteroatoms. The van der Waals surface area contributed by atoms with Gasteiger partial charge in [-0.15, -0.1) is 0 Å². The lowest BCUT2D eigenvalue weighted by Crippen LogP contribution is -2.49. The van der Waals surface area contributed by atoms with E-state index in [9.17, 15) is 9.59 Å². The van der Waals surface area contributed by atoms with Gasteiger partial charge < -0.3 is 19.4 Å². The van der Waals surface area contributed by atoms with Crippen LogP contribution in [-0.4, -0.2) is 41.6 Å². The number of hydrogen-bond acceptors (Lipinski definition) is 4. The first-order chi connectivity index (χ1) is 11.7. The molecule has 1 aliphatic heterocycles. The predicted octanol–water partition coefficient (Wildman–Crippen LogP) is 3.36. The van der Waals surface area contributed by atoms with Crippen LogP contribution in [0.25, 0.3) is 0 Å². The van der Waals surface area contributed by atoms with E-state index in [4.69, 9.17) is 9.15 Å². The first-order valence-electron chi connectivity index (χ1n) is 9.04. The molecule has 1 aromatic rings. The molecule has 2 rings (SSSR count). The molecule has 0 bridgehead atoms. The van der Waals surface area contributed by atoms with Gasteiger partial charge in [0.1, 0.15) is 11.4 Å². The van der Waals surface area contributed by atoms with E-state index in [0.717, 1.165) is 18.6 Å². The maximum atomic E-state index is 12.2. The summed E-state index contributed by atoms with van der Waals surface area (Å²) in [6.07, 6.45) is 4.27. The molecule has 0 saturated carbocycles. The van der Waals surface area contributed by atoms with Crippen molar-refractivity contribution < 1.29 is 18.7 Å². The van der Waals surface area contributed by atoms with Crippen molar-refractivity contribution in [2.45, 2.75) is 65.0 Å². The third-order valence-corrected chi connectivity index (χ3v) is 4.38. The zero-order chi connectivity index (χ0) is 18.4. The van der Waals surface area contributed by atoms with Gasteiger partial charge in [0.05, 0.1) is 6.26 Å². The Kier molecular flexibility index (Phi) is 6.51. The van der Waals surface area contributed by atoms with Crippen molar-refractivity contribution in [3.8, 4) is 0 Å². The molecule has 0 aliphatic carbocycles. The molecule has 1 N–H and O–H groups in total. The number of likely N-dealkylation sites (tertiary alicyclic amines) is 1. The van der Waals surface area contributed by atoms with E-state index >= 15 is 0 Å². The van der Waals surface area contributed by atoms with Crippen LogP contribution in [0, 0.1) is 5.92 Å². The molecule has 1 aromatic heterocycles. The van der Waals surface area contributed by atoms with Gasteiger partial charge in [0.2, 0.25) is 5.91 Å². The van der Waals surface area contributed by atoms with E-state index in [1.54, 1.807) is 11.2 Å². The molecule has 0 aromatic carbocycles. The zero-order valence-corrected chi connectivity index (χ0v) is 15.7. The van der Waals surface area contributed by atoms with Crippen molar-refractivity contribution in [3.63, 3.8) is 0 Å². The minimum atomic E-state index is -0.490. The summed E-state index contributed by atoms with van der Waals surface area (Å²) in [4.78, 5) is 26.1. The molecule has 1 saturated heterocycles.